The molecule has 0 spiro atoms. The molecule has 0 bridgehead atoms. The number of hydrogen-bond donors (Lipinski definition) is 2. The first-order chi connectivity index (χ1) is 7.19. The molecule has 1 aromatic carbocycles. The minimum absolute atomic E-state index is 0.589. The van der Waals surface area contributed by atoms with Gasteiger partial charge in [-0.2, -0.15) is 0 Å². The van der Waals surface area contributed by atoms with Gasteiger partial charge in [-0.15, -0.1) is 0 Å². The van der Waals surface area contributed by atoms with Crippen molar-refractivity contribution < 1.29 is 0 Å². The van der Waals surface area contributed by atoms with Crippen molar-refractivity contribution in [2.24, 2.45) is 0 Å². The predicted molar refractivity (Wildman–Crippen MR) is 69.6 cm³/mol. The molecule has 15 heavy (non-hydrogen) atoms. The van der Waals surface area contributed by atoms with E-state index in [0.29, 0.717) is 5.11 Å². The van der Waals surface area contributed by atoms with Crippen LogP contribution in [0.15, 0.2) is 18.2 Å². The summed E-state index contributed by atoms with van der Waals surface area (Å²) in [6.45, 7) is 2.07. The quantitative estimate of drug-likeness (QED) is 0.747. The highest BCUT2D eigenvalue weighted by Crippen LogP contribution is 2.26. The standard InChI is InChI=1S/C10H11N3S2/c1-6-3-4-7-8(5-6)15-10(12-7)13-9(14)11-2/h3-5H,1-2H3,(H2,11,12,13,14). The Morgan fingerprint density at radius 2 is 2.27 bits per heavy atom. The van der Waals surface area contributed by atoms with Crippen LogP contribution in [0, 0.1) is 6.92 Å². The van der Waals surface area contributed by atoms with Gasteiger partial charge in [0.1, 0.15) is 0 Å². The fourth-order valence-electron chi connectivity index (χ4n) is 1.24. The lowest BCUT2D eigenvalue weighted by molar-refractivity contribution is 1.19. The Bertz CT molecular complexity index is 504. The molecule has 0 amide bonds. The van der Waals surface area contributed by atoms with Crippen LogP contribution in [0.4, 0.5) is 5.13 Å². The van der Waals surface area contributed by atoms with E-state index < -0.39 is 0 Å². The monoisotopic (exact) mass is 237 g/mol. The van der Waals surface area contributed by atoms with Crippen molar-refractivity contribution in [2.75, 3.05) is 12.4 Å². The third-order valence-electron chi connectivity index (χ3n) is 1.99. The Morgan fingerprint density at radius 3 is 3.00 bits per heavy atom. The van der Waals surface area contributed by atoms with Crippen LogP contribution in [0.2, 0.25) is 0 Å². The number of benzene rings is 1. The molecular weight excluding hydrogens is 226 g/mol. The van der Waals surface area contributed by atoms with Crippen LogP contribution >= 0.6 is 23.6 Å². The maximum Gasteiger partial charge on any atom is 0.190 e. The summed E-state index contributed by atoms with van der Waals surface area (Å²) in [5.74, 6) is 0. The largest absolute Gasteiger partial charge is 0.365 e. The van der Waals surface area contributed by atoms with Crippen molar-refractivity contribution in [1.29, 1.82) is 0 Å². The van der Waals surface area contributed by atoms with Crippen LogP contribution in [0.5, 0.6) is 0 Å². The molecule has 78 valence electrons. The number of rotatable bonds is 1. The first kappa shape index (κ1) is 10.3. The Kier molecular flexibility index (Phi) is 2.83. The van der Waals surface area contributed by atoms with Crippen LogP contribution in [0.25, 0.3) is 10.2 Å². The summed E-state index contributed by atoms with van der Waals surface area (Å²) in [4.78, 5) is 4.42. The summed E-state index contributed by atoms with van der Waals surface area (Å²) >= 11 is 6.62. The second-order valence-electron chi connectivity index (χ2n) is 3.19. The number of fused-ring (bicyclic) bond motifs is 1. The van der Waals surface area contributed by atoms with E-state index in [2.05, 4.69) is 34.7 Å². The number of hydrogen-bond acceptors (Lipinski definition) is 3. The van der Waals surface area contributed by atoms with E-state index in [-0.39, 0.29) is 0 Å². The maximum absolute atomic E-state index is 5.01. The van der Waals surface area contributed by atoms with Crippen molar-refractivity contribution in [3.63, 3.8) is 0 Å². The van der Waals surface area contributed by atoms with Crippen LogP contribution in [-0.4, -0.2) is 17.1 Å². The zero-order valence-corrected chi connectivity index (χ0v) is 10.1. The van der Waals surface area contributed by atoms with E-state index in [0.717, 1.165) is 10.6 Å². The highest BCUT2D eigenvalue weighted by molar-refractivity contribution is 7.80. The van der Waals surface area contributed by atoms with Gasteiger partial charge in [-0.25, -0.2) is 4.98 Å². The molecule has 0 unspecified atom stereocenters. The van der Waals surface area contributed by atoms with E-state index >= 15 is 0 Å². The van der Waals surface area contributed by atoms with Crippen LogP contribution in [0.1, 0.15) is 5.56 Å². The molecule has 3 nitrogen and oxygen atoms in total. The molecule has 0 aliphatic heterocycles. The Hall–Kier alpha value is -1.20. The normalized spacial score (nSPS) is 10.3. The Balaban J connectivity index is 2.34. The van der Waals surface area contributed by atoms with E-state index in [9.17, 15) is 0 Å². The first-order valence-electron chi connectivity index (χ1n) is 4.55. The number of thiazole rings is 1. The lowest BCUT2D eigenvalue weighted by Gasteiger charge is -2.00. The molecule has 0 saturated heterocycles. The average Bonchev–Trinajstić information content (AvgIpc) is 2.59. The zero-order valence-electron chi connectivity index (χ0n) is 8.50. The highest BCUT2D eigenvalue weighted by atomic mass is 32.1. The number of aromatic nitrogens is 1. The second-order valence-corrected chi connectivity index (χ2v) is 4.63. The van der Waals surface area contributed by atoms with Gasteiger partial charge in [0.2, 0.25) is 0 Å². The van der Waals surface area contributed by atoms with Gasteiger partial charge < -0.3 is 10.6 Å². The van der Waals surface area contributed by atoms with Gasteiger partial charge in [-0.1, -0.05) is 17.4 Å². The van der Waals surface area contributed by atoms with Crippen LogP contribution in [-0.2, 0) is 0 Å². The topological polar surface area (TPSA) is 37.0 Å². The number of thiocarbonyl (C=S) groups is 1. The minimum Gasteiger partial charge on any atom is -0.365 e. The molecule has 1 aromatic heterocycles. The lowest BCUT2D eigenvalue weighted by Crippen LogP contribution is -2.23. The van der Waals surface area contributed by atoms with E-state index in [1.54, 1.807) is 18.4 Å². The zero-order chi connectivity index (χ0) is 10.8. The van der Waals surface area contributed by atoms with Gasteiger partial charge in [-0.05, 0) is 36.8 Å². The molecular formula is C10H11N3S2. The number of nitrogens with zero attached hydrogens (tertiary/aromatic N) is 1. The molecule has 2 N–H and O–H groups in total. The average molecular weight is 237 g/mol. The smallest absolute Gasteiger partial charge is 0.190 e. The van der Waals surface area contributed by atoms with E-state index in [1.165, 1.54) is 10.3 Å². The molecule has 2 rings (SSSR count). The van der Waals surface area contributed by atoms with Gasteiger partial charge >= 0.3 is 0 Å². The Morgan fingerprint density at radius 1 is 1.47 bits per heavy atom. The molecule has 5 heteroatoms. The fraction of sp³-hybridized carbons (Fsp3) is 0.200. The molecule has 0 aliphatic carbocycles. The van der Waals surface area contributed by atoms with Crippen LogP contribution in [0.3, 0.4) is 0 Å². The third kappa shape index (κ3) is 2.24. The number of nitrogens with one attached hydrogen (secondary N) is 2. The highest BCUT2D eigenvalue weighted by Gasteiger charge is 2.04. The van der Waals surface area contributed by atoms with Gasteiger partial charge in [0.05, 0.1) is 10.2 Å². The molecule has 0 saturated carbocycles. The van der Waals surface area contributed by atoms with Crippen LogP contribution < -0.4 is 10.6 Å². The molecule has 2 aromatic rings. The summed E-state index contributed by atoms with van der Waals surface area (Å²) in [7, 11) is 1.78. The van der Waals surface area contributed by atoms with Gasteiger partial charge in [0.25, 0.3) is 0 Å². The number of aryl methyl sites for hydroxylation is 1. The van der Waals surface area contributed by atoms with E-state index in [1.807, 2.05) is 6.07 Å². The van der Waals surface area contributed by atoms with E-state index in [4.69, 9.17) is 12.2 Å². The summed E-state index contributed by atoms with van der Waals surface area (Å²) in [5.41, 5.74) is 2.25. The third-order valence-corrected chi connectivity index (χ3v) is 3.23. The van der Waals surface area contributed by atoms with Crippen molar-refractivity contribution >= 4 is 44.0 Å². The molecule has 0 aliphatic rings. The van der Waals surface area contributed by atoms with Crippen molar-refractivity contribution in [1.82, 2.24) is 10.3 Å². The summed E-state index contributed by atoms with van der Waals surface area (Å²) in [6.07, 6.45) is 0. The SMILES string of the molecule is CNC(=S)Nc1nc2ccc(C)cc2s1. The van der Waals surface area contributed by atoms with Gasteiger partial charge in [0, 0.05) is 7.05 Å². The summed E-state index contributed by atoms with van der Waals surface area (Å²) in [5, 5.41) is 7.30. The Labute approximate surface area is 97.5 Å². The molecule has 1 heterocycles. The summed E-state index contributed by atoms with van der Waals surface area (Å²) in [6, 6.07) is 6.21. The molecule has 0 radical (unpaired) electrons. The fourth-order valence-corrected chi connectivity index (χ4v) is 2.37. The minimum atomic E-state index is 0.589. The van der Waals surface area contributed by atoms with Crippen molar-refractivity contribution in [3.05, 3.63) is 23.8 Å². The molecule has 0 fully saturated rings. The van der Waals surface area contributed by atoms with Gasteiger partial charge in [0.15, 0.2) is 10.2 Å². The second kappa shape index (κ2) is 4.12. The van der Waals surface area contributed by atoms with Gasteiger partial charge in [-0.3, -0.25) is 0 Å². The number of anilines is 1. The van der Waals surface area contributed by atoms with Crippen molar-refractivity contribution in [2.45, 2.75) is 6.92 Å². The first-order valence-corrected chi connectivity index (χ1v) is 5.77. The molecule has 0 atom stereocenters. The summed E-state index contributed by atoms with van der Waals surface area (Å²) < 4.78 is 1.18. The maximum atomic E-state index is 5.01. The predicted octanol–water partition coefficient (Wildman–Crippen LogP) is 2.52. The lowest BCUT2D eigenvalue weighted by atomic mass is 10.2. The van der Waals surface area contributed by atoms with Crippen molar-refractivity contribution in [3.8, 4) is 0 Å².